The van der Waals surface area contributed by atoms with Crippen molar-refractivity contribution in [1.82, 2.24) is 29.7 Å². The van der Waals surface area contributed by atoms with Gasteiger partial charge in [0.15, 0.2) is 5.65 Å². The maximum atomic E-state index is 14.6. The molecular weight excluding hydrogens is 432 g/mol. The Morgan fingerprint density at radius 3 is 2.62 bits per heavy atom. The summed E-state index contributed by atoms with van der Waals surface area (Å²) >= 11 is 0. The van der Waals surface area contributed by atoms with Gasteiger partial charge in [-0.25, -0.2) is 13.9 Å². The van der Waals surface area contributed by atoms with Gasteiger partial charge in [0, 0.05) is 29.9 Å². The van der Waals surface area contributed by atoms with Crippen molar-refractivity contribution in [1.29, 1.82) is 0 Å². The van der Waals surface area contributed by atoms with E-state index < -0.39 is 24.4 Å². The molecule has 0 aliphatic heterocycles. The van der Waals surface area contributed by atoms with Crippen LogP contribution in [0, 0.1) is 5.82 Å². The van der Waals surface area contributed by atoms with Crippen LogP contribution in [-0.4, -0.2) is 50.1 Å². The van der Waals surface area contributed by atoms with Gasteiger partial charge in [-0.3, -0.25) is 9.48 Å². The van der Waals surface area contributed by atoms with E-state index >= 15 is 0 Å². The third-order valence-electron chi connectivity index (χ3n) is 4.62. The lowest BCUT2D eigenvalue weighted by molar-refractivity contribution is -0.123. The van der Waals surface area contributed by atoms with Gasteiger partial charge in [-0.2, -0.15) is 18.3 Å². The third kappa shape index (κ3) is 4.11. The molecule has 1 aromatic carbocycles. The highest BCUT2D eigenvalue weighted by Crippen LogP contribution is 2.31. The number of carbonyl (C=O) groups is 1. The standard InChI is InChI=1S/C20H16F4N6O2/c1-29-9-12(7-27-29)13-6-17-25-8-16(30(17)28-19(13)32-2)14-5-11(3-4-15(14)21)18(31)26-10-20(22,23)24/h3-9H,10H2,1-2H3,(H,26,31). The SMILES string of the molecule is COc1nn2c(-c3cc(C(=O)NCC(F)(F)F)ccc3F)cnc2cc1-c1cnn(C)c1. The smallest absolute Gasteiger partial charge is 0.405 e. The Kier molecular flexibility index (Phi) is 5.28. The molecule has 166 valence electrons. The van der Waals surface area contributed by atoms with Gasteiger partial charge in [0.1, 0.15) is 12.4 Å². The van der Waals surface area contributed by atoms with Crippen molar-refractivity contribution in [3.05, 3.63) is 54.2 Å². The number of methoxy groups -OCH3 is 1. The van der Waals surface area contributed by atoms with Crippen molar-refractivity contribution < 1.29 is 27.1 Å². The zero-order valence-electron chi connectivity index (χ0n) is 16.8. The average molecular weight is 448 g/mol. The van der Waals surface area contributed by atoms with Crippen LogP contribution >= 0.6 is 0 Å². The predicted molar refractivity (Wildman–Crippen MR) is 106 cm³/mol. The van der Waals surface area contributed by atoms with E-state index in [2.05, 4.69) is 15.2 Å². The highest BCUT2D eigenvalue weighted by Gasteiger charge is 2.28. The van der Waals surface area contributed by atoms with Crippen LogP contribution < -0.4 is 10.1 Å². The number of hydrogen-bond acceptors (Lipinski definition) is 5. The van der Waals surface area contributed by atoms with Crippen molar-refractivity contribution in [2.24, 2.45) is 7.05 Å². The molecule has 0 saturated carbocycles. The van der Waals surface area contributed by atoms with Crippen molar-refractivity contribution in [3.8, 4) is 28.3 Å². The number of nitrogens with zero attached hydrogens (tertiary/aromatic N) is 5. The first-order valence-corrected chi connectivity index (χ1v) is 9.23. The largest absolute Gasteiger partial charge is 0.480 e. The van der Waals surface area contributed by atoms with E-state index in [0.717, 1.165) is 23.8 Å². The Balaban J connectivity index is 1.76. The van der Waals surface area contributed by atoms with Gasteiger partial charge in [-0.15, -0.1) is 5.10 Å². The van der Waals surface area contributed by atoms with E-state index in [1.807, 2.05) is 0 Å². The third-order valence-corrected chi connectivity index (χ3v) is 4.62. The van der Waals surface area contributed by atoms with E-state index in [4.69, 9.17) is 4.74 Å². The normalized spacial score (nSPS) is 11.7. The molecule has 0 aliphatic rings. The maximum absolute atomic E-state index is 14.6. The number of amides is 1. The molecule has 1 N–H and O–H groups in total. The summed E-state index contributed by atoms with van der Waals surface area (Å²) < 4.78 is 60.1. The molecule has 0 atom stereocenters. The Bertz CT molecular complexity index is 1310. The first-order chi connectivity index (χ1) is 15.2. The monoisotopic (exact) mass is 448 g/mol. The Hall–Kier alpha value is -3.96. The van der Waals surface area contributed by atoms with Crippen LogP contribution in [0.5, 0.6) is 5.88 Å². The molecule has 0 bridgehead atoms. The van der Waals surface area contributed by atoms with E-state index in [-0.39, 0.29) is 22.7 Å². The highest BCUT2D eigenvalue weighted by molar-refractivity contribution is 5.95. The number of benzene rings is 1. The van der Waals surface area contributed by atoms with E-state index in [1.165, 1.54) is 17.8 Å². The number of nitrogens with one attached hydrogen (secondary N) is 1. The van der Waals surface area contributed by atoms with Gasteiger partial charge in [0.25, 0.3) is 5.91 Å². The summed E-state index contributed by atoms with van der Waals surface area (Å²) in [6, 6.07) is 4.93. The molecule has 8 nitrogen and oxygen atoms in total. The Morgan fingerprint density at radius 2 is 1.97 bits per heavy atom. The summed E-state index contributed by atoms with van der Waals surface area (Å²) in [4.78, 5) is 16.3. The number of aryl methyl sites for hydroxylation is 1. The van der Waals surface area contributed by atoms with Crippen LogP contribution in [0.4, 0.5) is 17.6 Å². The lowest BCUT2D eigenvalue weighted by atomic mass is 10.1. The number of aromatic nitrogens is 5. The lowest BCUT2D eigenvalue weighted by Gasteiger charge is -2.11. The molecule has 0 radical (unpaired) electrons. The molecule has 4 rings (SSSR count). The number of hydrogen-bond donors (Lipinski definition) is 1. The minimum absolute atomic E-state index is 0.0548. The second kappa shape index (κ2) is 7.94. The van der Waals surface area contributed by atoms with Gasteiger partial charge >= 0.3 is 6.18 Å². The van der Waals surface area contributed by atoms with Crippen molar-refractivity contribution in [2.75, 3.05) is 13.7 Å². The van der Waals surface area contributed by atoms with E-state index in [0.29, 0.717) is 11.2 Å². The second-order valence-electron chi connectivity index (χ2n) is 6.88. The lowest BCUT2D eigenvalue weighted by Crippen LogP contribution is -2.33. The van der Waals surface area contributed by atoms with Crippen LogP contribution in [0.1, 0.15) is 10.4 Å². The van der Waals surface area contributed by atoms with E-state index in [9.17, 15) is 22.4 Å². The molecule has 12 heteroatoms. The van der Waals surface area contributed by atoms with Crippen molar-refractivity contribution in [3.63, 3.8) is 0 Å². The molecule has 0 aliphatic carbocycles. The molecule has 1 amide bonds. The molecule has 0 unspecified atom stereocenters. The summed E-state index contributed by atoms with van der Waals surface area (Å²) in [5.74, 6) is -1.46. The quantitative estimate of drug-likeness (QED) is 0.474. The summed E-state index contributed by atoms with van der Waals surface area (Å²) in [6.45, 7) is -1.50. The minimum Gasteiger partial charge on any atom is -0.480 e. The number of fused-ring (bicyclic) bond motifs is 1. The number of halogens is 4. The molecule has 32 heavy (non-hydrogen) atoms. The van der Waals surface area contributed by atoms with Gasteiger partial charge < -0.3 is 10.1 Å². The molecule has 3 aromatic heterocycles. The summed E-state index contributed by atoms with van der Waals surface area (Å²) in [6.07, 6.45) is 0.183. The zero-order valence-corrected chi connectivity index (χ0v) is 16.8. The molecule has 0 spiro atoms. The maximum Gasteiger partial charge on any atom is 0.405 e. The van der Waals surface area contributed by atoms with Crippen LogP contribution in [-0.2, 0) is 7.05 Å². The Morgan fingerprint density at radius 1 is 1.19 bits per heavy atom. The number of carbonyl (C=O) groups excluding carboxylic acids is 1. The van der Waals surface area contributed by atoms with Gasteiger partial charge in [0.2, 0.25) is 5.88 Å². The van der Waals surface area contributed by atoms with E-state index in [1.54, 1.807) is 35.5 Å². The molecule has 0 saturated heterocycles. The average Bonchev–Trinajstić information content (AvgIpc) is 3.36. The fourth-order valence-corrected chi connectivity index (χ4v) is 3.15. The number of alkyl halides is 3. The number of ether oxygens (including phenoxy) is 1. The van der Waals surface area contributed by atoms with Gasteiger partial charge in [-0.05, 0) is 24.3 Å². The first kappa shape index (κ1) is 21.3. The molecular formula is C20H16F4N6O2. The summed E-state index contributed by atoms with van der Waals surface area (Å²) in [5, 5.41) is 10.3. The van der Waals surface area contributed by atoms with Crippen LogP contribution in [0.25, 0.3) is 28.0 Å². The molecule has 0 fully saturated rings. The topological polar surface area (TPSA) is 86.3 Å². The van der Waals surface area contributed by atoms with Crippen molar-refractivity contribution >= 4 is 11.6 Å². The fourth-order valence-electron chi connectivity index (χ4n) is 3.15. The molecule has 3 heterocycles. The zero-order chi connectivity index (χ0) is 23.0. The summed E-state index contributed by atoms with van der Waals surface area (Å²) in [7, 11) is 3.19. The Labute approximate surface area is 178 Å². The predicted octanol–water partition coefficient (Wildman–Crippen LogP) is 3.24. The highest BCUT2D eigenvalue weighted by atomic mass is 19.4. The molecule has 4 aromatic rings. The number of imidazole rings is 1. The van der Waals surface area contributed by atoms with Crippen LogP contribution in [0.15, 0.2) is 42.9 Å². The minimum atomic E-state index is -4.56. The van der Waals surface area contributed by atoms with Crippen molar-refractivity contribution in [2.45, 2.75) is 6.18 Å². The van der Waals surface area contributed by atoms with Gasteiger partial charge in [0.05, 0.1) is 30.8 Å². The number of rotatable bonds is 5. The second-order valence-corrected chi connectivity index (χ2v) is 6.88. The van der Waals surface area contributed by atoms with Crippen LogP contribution in [0.3, 0.4) is 0 Å². The first-order valence-electron chi connectivity index (χ1n) is 9.23. The van der Waals surface area contributed by atoms with Crippen LogP contribution in [0.2, 0.25) is 0 Å². The van der Waals surface area contributed by atoms with Gasteiger partial charge in [-0.1, -0.05) is 0 Å². The summed E-state index contributed by atoms with van der Waals surface area (Å²) in [5.41, 5.74) is 1.72. The fraction of sp³-hybridized carbons (Fsp3) is 0.200.